The average molecular weight is 394 g/mol. The lowest BCUT2D eigenvalue weighted by atomic mass is 9.97. The SMILES string of the molecule is COc1ccccc1C(OC)C1O[C@H]([C@H]2COC(C)(C)O2)[C@@H]2OC(C)(C)O[C@H]12. The molecule has 0 bridgehead atoms. The highest BCUT2D eigenvalue weighted by molar-refractivity contribution is 5.36. The van der Waals surface area contributed by atoms with Crippen LogP contribution in [0.15, 0.2) is 24.3 Å². The molecule has 1 aromatic carbocycles. The van der Waals surface area contributed by atoms with Gasteiger partial charge in [0, 0.05) is 12.7 Å². The summed E-state index contributed by atoms with van der Waals surface area (Å²) in [6.07, 6.45) is -1.85. The minimum absolute atomic E-state index is 0.236. The van der Waals surface area contributed by atoms with Crippen LogP contribution in [0.4, 0.5) is 0 Å². The molecule has 4 rings (SSSR count). The standard InChI is InChI=1S/C21H30O7/c1-20(2)24-11-14(26-20)16-18-19(28-21(3,4)27-18)17(25-16)15(23-6)12-9-7-8-10-13(12)22-5/h7-10,14-19H,11H2,1-6H3/t14-,15?,16-,17?,18+,19-/m1/s1. The quantitative estimate of drug-likeness (QED) is 0.761. The molecule has 0 amide bonds. The fraction of sp³-hybridized carbons (Fsp3) is 0.714. The summed E-state index contributed by atoms with van der Waals surface area (Å²) in [5.41, 5.74) is 0.911. The summed E-state index contributed by atoms with van der Waals surface area (Å²) in [7, 11) is 3.32. The van der Waals surface area contributed by atoms with Gasteiger partial charge in [0.05, 0.1) is 13.7 Å². The molecule has 0 radical (unpaired) electrons. The van der Waals surface area contributed by atoms with Crippen molar-refractivity contribution in [3.05, 3.63) is 29.8 Å². The third kappa shape index (κ3) is 3.56. The van der Waals surface area contributed by atoms with E-state index in [1.165, 1.54) is 0 Å². The molecule has 6 atom stereocenters. The largest absolute Gasteiger partial charge is 0.496 e. The van der Waals surface area contributed by atoms with Gasteiger partial charge in [0.15, 0.2) is 11.6 Å². The van der Waals surface area contributed by atoms with E-state index in [4.69, 9.17) is 33.2 Å². The van der Waals surface area contributed by atoms with Crippen LogP contribution >= 0.6 is 0 Å². The van der Waals surface area contributed by atoms with Gasteiger partial charge in [0.1, 0.15) is 42.4 Å². The highest BCUT2D eigenvalue weighted by Gasteiger charge is 2.60. The first-order valence-electron chi connectivity index (χ1n) is 9.73. The van der Waals surface area contributed by atoms with E-state index in [1.807, 2.05) is 52.0 Å². The van der Waals surface area contributed by atoms with Gasteiger partial charge in [-0.2, -0.15) is 0 Å². The van der Waals surface area contributed by atoms with Crippen molar-refractivity contribution in [1.29, 1.82) is 0 Å². The zero-order valence-electron chi connectivity index (χ0n) is 17.3. The van der Waals surface area contributed by atoms with Crippen molar-refractivity contribution in [2.24, 2.45) is 0 Å². The third-order valence-corrected chi connectivity index (χ3v) is 5.52. The van der Waals surface area contributed by atoms with E-state index in [-0.39, 0.29) is 36.6 Å². The zero-order chi connectivity index (χ0) is 20.1. The normalized spacial score (nSPS) is 37.0. The molecule has 0 aliphatic carbocycles. The lowest BCUT2D eigenvalue weighted by molar-refractivity contribution is -0.217. The number of ether oxygens (including phenoxy) is 7. The molecule has 1 aromatic rings. The van der Waals surface area contributed by atoms with Crippen molar-refractivity contribution >= 4 is 0 Å². The Morgan fingerprint density at radius 2 is 1.64 bits per heavy atom. The minimum atomic E-state index is -0.705. The molecule has 3 aliphatic rings. The molecule has 7 heteroatoms. The second-order valence-electron chi connectivity index (χ2n) is 8.40. The molecule has 0 spiro atoms. The van der Waals surface area contributed by atoms with Crippen molar-refractivity contribution in [3.8, 4) is 5.75 Å². The van der Waals surface area contributed by atoms with Crippen LogP contribution < -0.4 is 4.74 Å². The smallest absolute Gasteiger partial charge is 0.164 e. The van der Waals surface area contributed by atoms with Crippen LogP contribution in [-0.4, -0.2) is 62.9 Å². The summed E-state index contributed by atoms with van der Waals surface area (Å²) in [6, 6.07) is 7.79. The Morgan fingerprint density at radius 1 is 0.929 bits per heavy atom. The first kappa shape index (κ1) is 20.1. The Bertz CT molecular complexity index is 704. The summed E-state index contributed by atoms with van der Waals surface area (Å²) in [5, 5.41) is 0. The topological polar surface area (TPSA) is 64.6 Å². The van der Waals surface area contributed by atoms with Gasteiger partial charge in [-0.05, 0) is 33.8 Å². The molecule has 0 N–H and O–H groups in total. The zero-order valence-corrected chi connectivity index (χ0v) is 17.3. The predicted octanol–water partition coefficient (Wildman–Crippen LogP) is 2.82. The van der Waals surface area contributed by atoms with Crippen LogP contribution in [0.1, 0.15) is 39.4 Å². The van der Waals surface area contributed by atoms with E-state index >= 15 is 0 Å². The molecule has 3 heterocycles. The highest BCUT2D eigenvalue weighted by Crippen LogP contribution is 2.47. The number of hydrogen-bond acceptors (Lipinski definition) is 7. The monoisotopic (exact) mass is 394 g/mol. The van der Waals surface area contributed by atoms with Crippen molar-refractivity contribution < 1.29 is 33.2 Å². The van der Waals surface area contributed by atoms with Gasteiger partial charge in [-0.3, -0.25) is 0 Å². The molecule has 3 saturated heterocycles. The summed E-state index contributed by atoms with van der Waals surface area (Å²) in [5.74, 6) is -0.596. The molecule has 3 fully saturated rings. The van der Waals surface area contributed by atoms with Crippen molar-refractivity contribution in [3.63, 3.8) is 0 Å². The minimum Gasteiger partial charge on any atom is -0.496 e. The van der Waals surface area contributed by atoms with Gasteiger partial charge in [-0.25, -0.2) is 0 Å². The molecule has 2 unspecified atom stereocenters. The Hall–Kier alpha value is -1.22. The van der Waals surface area contributed by atoms with Crippen LogP contribution in [-0.2, 0) is 28.4 Å². The Morgan fingerprint density at radius 3 is 2.29 bits per heavy atom. The van der Waals surface area contributed by atoms with E-state index in [9.17, 15) is 0 Å². The van der Waals surface area contributed by atoms with Crippen LogP contribution in [0.25, 0.3) is 0 Å². The summed E-state index contributed by atoms with van der Waals surface area (Å²) >= 11 is 0. The molecular weight excluding hydrogens is 364 g/mol. The number of para-hydroxylation sites is 1. The predicted molar refractivity (Wildman–Crippen MR) is 100 cm³/mol. The summed E-state index contributed by atoms with van der Waals surface area (Å²) < 4.78 is 42.2. The lowest BCUT2D eigenvalue weighted by Gasteiger charge is -2.30. The number of hydrogen-bond donors (Lipinski definition) is 0. The maximum Gasteiger partial charge on any atom is 0.164 e. The van der Waals surface area contributed by atoms with Gasteiger partial charge >= 0.3 is 0 Å². The van der Waals surface area contributed by atoms with E-state index in [2.05, 4.69) is 0 Å². The molecule has 28 heavy (non-hydrogen) atoms. The number of rotatable bonds is 5. The lowest BCUT2D eigenvalue weighted by Crippen LogP contribution is -2.40. The molecule has 156 valence electrons. The van der Waals surface area contributed by atoms with E-state index < -0.39 is 11.6 Å². The fourth-order valence-corrected chi connectivity index (χ4v) is 4.42. The second-order valence-corrected chi connectivity index (χ2v) is 8.40. The molecule has 0 aromatic heterocycles. The fourth-order valence-electron chi connectivity index (χ4n) is 4.42. The molecule has 3 aliphatic heterocycles. The summed E-state index contributed by atoms with van der Waals surface area (Å²) in [6.45, 7) is 8.09. The van der Waals surface area contributed by atoms with Gasteiger partial charge in [-0.15, -0.1) is 0 Å². The highest BCUT2D eigenvalue weighted by atomic mass is 16.8. The number of benzene rings is 1. The molecular formula is C21H30O7. The number of methoxy groups -OCH3 is 2. The molecule has 7 nitrogen and oxygen atoms in total. The first-order chi connectivity index (χ1) is 13.2. The Kier molecular flexibility index (Phi) is 5.18. The van der Waals surface area contributed by atoms with Crippen LogP contribution in [0.2, 0.25) is 0 Å². The van der Waals surface area contributed by atoms with Crippen molar-refractivity contribution in [2.45, 2.75) is 75.9 Å². The van der Waals surface area contributed by atoms with Crippen molar-refractivity contribution in [1.82, 2.24) is 0 Å². The van der Waals surface area contributed by atoms with E-state index in [0.29, 0.717) is 6.61 Å². The van der Waals surface area contributed by atoms with Gasteiger partial charge in [0.2, 0.25) is 0 Å². The molecule has 0 saturated carbocycles. The van der Waals surface area contributed by atoms with Crippen molar-refractivity contribution in [2.75, 3.05) is 20.8 Å². The van der Waals surface area contributed by atoms with Gasteiger partial charge in [0.25, 0.3) is 0 Å². The van der Waals surface area contributed by atoms with Crippen LogP contribution in [0.5, 0.6) is 5.75 Å². The van der Waals surface area contributed by atoms with Crippen LogP contribution in [0, 0.1) is 0 Å². The first-order valence-corrected chi connectivity index (χ1v) is 9.73. The van der Waals surface area contributed by atoms with Gasteiger partial charge < -0.3 is 33.2 Å². The average Bonchev–Trinajstić information content (AvgIpc) is 3.26. The van der Waals surface area contributed by atoms with E-state index in [1.54, 1.807) is 14.2 Å². The Balaban J connectivity index is 1.64. The maximum absolute atomic E-state index is 6.47. The second kappa shape index (κ2) is 7.23. The summed E-state index contributed by atoms with van der Waals surface area (Å²) in [4.78, 5) is 0. The Labute approximate surface area is 166 Å². The van der Waals surface area contributed by atoms with Crippen LogP contribution in [0.3, 0.4) is 0 Å². The maximum atomic E-state index is 6.47. The number of fused-ring (bicyclic) bond motifs is 1. The van der Waals surface area contributed by atoms with E-state index in [0.717, 1.165) is 11.3 Å². The third-order valence-electron chi connectivity index (χ3n) is 5.52. The van der Waals surface area contributed by atoms with Gasteiger partial charge in [-0.1, -0.05) is 18.2 Å².